The predicted molar refractivity (Wildman–Crippen MR) is 110 cm³/mol. The zero-order valence-electron chi connectivity index (χ0n) is 14.7. The highest BCUT2D eigenvalue weighted by Crippen LogP contribution is 2.27. The number of hydrogen-bond acceptors (Lipinski definition) is 2. The Morgan fingerprint density at radius 3 is 2.72 bits per heavy atom. The van der Waals surface area contributed by atoms with E-state index in [1.807, 2.05) is 19.9 Å². The molecule has 1 fully saturated rings. The summed E-state index contributed by atoms with van der Waals surface area (Å²) in [5.74, 6) is 0. The molecule has 1 saturated heterocycles. The first-order chi connectivity index (χ1) is 12.0. The largest absolute Gasteiger partial charge is 0.358 e. The van der Waals surface area contributed by atoms with E-state index in [0.29, 0.717) is 16.2 Å². The van der Waals surface area contributed by atoms with E-state index < -0.39 is 0 Å². The van der Waals surface area contributed by atoms with Gasteiger partial charge in [-0.3, -0.25) is 4.90 Å². The number of rotatable bonds is 4. The van der Waals surface area contributed by atoms with Gasteiger partial charge in [0.1, 0.15) is 0 Å². The Labute approximate surface area is 160 Å². The maximum absolute atomic E-state index is 6.35. The first-order valence-corrected chi connectivity index (χ1v) is 9.40. The van der Waals surface area contributed by atoms with E-state index in [-0.39, 0.29) is 0 Å². The van der Waals surface area contributed by atoms with Gasteiger partial charge in [0.2, 0.25) is 0 Å². The number of benzene rings is 2. The zero-order valence-corrected chi connectivity index (χ0v) is 16.3. The molecule has 1 aliphatic heterocycles. The monoisotopic (exact) mass is 373 g/mol. The molecule has 5 heteroatoms. The van der Waals surface area contributed by atoms with Crippen LogP contribution < -0.4 is 10.6 Å². The Morgan fingerprint density at radius 1 is 1.24 bits per heavy atom. The summed E-state index contributed by atoms with van der Waals surface area (Å²) in [5.41, 5.74) is 4.50. The molecule has 25 heavy (non-hydrogen) atoms. The molecule has 0 amide bonds. The highest BCUT2D eigenvalue weighted by molar-refractivity contribution is 7.80. The molecule has 0 bridgehead atoms. The van der Waals surface area contributed by atoms with Gasteiger partial charge in [0.25, 0.3) is 0 Å². The molecule has 0 aromatic heterocycles. The summed E-state index contributed by atoms with van der Waals surface area (Å²) in [6.45, 7) is 7.15. The molecule has 2 aromatic carbocycles. The summed E-state index contributed by atoms with van der Waals surface area (Å²) < 4.78 is 0. The molecular weight excluding hydrogens is 350 g/mol. The fourth-order valence-electron chi connectivity index (χ4n) is 3.34. The molecule has 1 aliphatic rings. The third kappa shape index (κ3) is 4.94. The van der Waals surface area contributed by atoms with Gasteiger partial charge in [0.05, 0.1) is 10.7 Å². The van der Waals surface area contributed by atoms with Crippen molar-refractivity contribution in [1.29, 1.82) is 0 Å². The topological polar surface area (TPSA) is 27.3 Å². The minimum Gasteiger partial charge on any atom is -0.358 e. The molecule has 0 radical (unpaired) electrons. The van der Waals surface area contributed by atoms with Crippen molar-refractivity contribution >= 4 is 34.6 Å². The van der Waals surface area contributed by atoms with Crippen LogP contribution in [0.25, 0.3) is 0 Å². The van der Waals surface area contributed by atoms with Crippen LogP contribution in [0.15, 0.2) is 42.5 Å². The summed E-state index contributed by atoms with van der Waals surface area (Å²) in [6, 6.07) is 15.0. The third-order valence-corrected chi connectivity index (χ3v) is 5.04. The molecular formula is C20H24ClN3S. The standard InChI is InChI=1S/C20H24ClN3S/c1-14-10-15(2)19(18(21)11-14)23-20(25)22-17-8-9-24(13-17)12-16-6-4-3-5-7-16/h3-7,10-11,17H,8-9,12-13H2,1-2H3,(H2,22,23,25)/t17-/m1/s1. The van der Waals surface area contributed by atoms with Crippen molar-refractivity contribution in [3.8, 4) is 0 Å². The third-order valence-electron chi connectivity index (χ3n) is 4.53. The van der Waals surface area contributed by atoms with Crippen LogP contribution in [0.2, 0.25) is 5.02 Å². The second-order valence-electron chi connectivity index (χ2n) is 6.74. The Morgan fingerprint density at radius 2 is 2.00 bits per heavy atom. The van der Waals surface area contributed by atoms with Gasteiger partial charge in [-0.25, -0.2) is 0 Å². The Balaban J connectivity index is 1.52. The molecule has 0 unspecified atom stereocenters. The number of nitrogens with zero attached hydrogens (tertiary/aromatic N) is 1. The normalized spacial score (nSPS) is 17.5. The van der Waals surface area contributed by atoms with Crippen LogP contribution in [0.4, 0.5) is 5.69 Å². The molecule has 132 valence electrons. The van der Waals surface area contributed by atoms with Gasteiger partial charge in [-0.2, -0.15) is 0 Å². The summed E-state index contributed by atoms with van der Waals surface area (Å²) in [6.07, 6.45) is 1.09. The van der Waals surface area contributed by atoms with E-state index in [2.05, 4.69) is 51.9 Å². The fourth-order valence-corrected chi connectivity index (χ4v) is 3.98. The lowest BCUT2D eigenvalue weighted by molar-refractivity contribution is 0.324. The van der Waals surface area contributed by atoms with Gasteiger partial charge in [-0.1, -0.05) is 48.0 Å². The number of anilines is 1. The minimum atomic E-state index is 0.369. The van der Waals surface area contributed by atoms with Crippen molar-refractivity contribution in [2.45, 2.75) is 32.9 Å². The molecule has 0 saturated carbocycles. The van der Waals surface area contributed by atoms with Crippen molar-refractivity contribution in [3.05, 3.63) is 64.2 Å². The van der Waals surface area contributed by atoms with Gasteiger partial charge in [-0.05, 0) is 55.2 Å². The molecule has 0 aliphatic carbocycles. The van der Waals surface area contributed by atoms with Gasteiger partial charge >= 0.3 is 0 Å². The van der Waals surface area contributed by atoms with E-state index in [0.717, 1.165) is 42.9 Å². The maximum Gasteiger partial charge on any atom is 0.171 e. The highest BCUT2D eigenvalue weighted by Gasteiger charge is 2.23. The zero-order chi connectivity index (χ0) is 17.8. The predicted octanol–water partition coefficient (Wildman–Crippen LogP) is 4.52. The van der Waals surface area contributed by atoms with Gasteiger partial charge < -0.3 is 10.6 Å². The second kappa shape index (κ2) is 8.17. The maximum atomic E-state index is 6.35. The molecule has 3 rings (SSSR count). The lowest BCUT2D eigenvalue weighted by Gasteiger charge is -2.19. The highest BCUT2D eigenvalue weighted by atomic mass is 35.5. The van der Waals surface area contributed by atoms with Crippen LogP contribution in [0.5, 0.6) is 0 Å². The smallest absolute Gasteiger partial charge is 0.171 e. The van der Waals surface area contributed by atoms with E-state index in [9.17, 15) is 0 Å². The summed E-state index contributed by atoms with van der Waals surface area (Å²) >= 11 is 11.8. The SMILES string of the molecule is Cc1cc(C)c(NC(=S)N[C@@H]2CCN(Cc3ccccc3)C2)c(Cl)c1. The number of likely N-dealkylation sites (tertiary alicyclic amines) is 1. The van der Waals surface area contributed by atoms with Crippen molar-refractivity contribution in [2.75, 3.05) is 18.4 Å². The summed E-state index contributed by atoms with van der Waals surface area (Å²) in [4.78, 5) is 2.46. The number of hydrogen-bond donors (Lipinski definition) is 2. The average molecular weight is 374 g/mol. The second-order valence-corrected chi connectivity index (χ2v) is 7.56. The first kappa shape index (κ1) is 18.2. The Hall–Kier alpha value is -1.62. The van der Waals surface area contributed by atoms with Crippen LogP contribution in [-0.4, -0.2) is 29.1 Å². The molecule has 0 spiro atoms. The molecule has 2 N–H and O–H groups in total. The molecule has 2 aromatic rings. The van der Waals surface area contributed by atoms with Crippen LogP contribution in [0.3, 0.4) is 0 Å². The quantitative estimate of drug-likeness (QED) is 0.770. The first-order valence-electron chi connectivity index (χ1n) is 8.62. The lowest BCUT2D eigenvalue weighted by atomic mass is 10.1. The number of halogens is 1. The number of thiocarbonyl (C=S) groups is 1. The van der Waals surface area contributed by atoms with E-state index >= 15 is 0 Å². The van der Waals surface area contributed by atoms with Crippen LogP contribution in [-0.2, 0) is 6.54 Å². The van der Waals surface area contributed by atoms with E-state index in [1.54, 1.807) is 0 Å². The number of nitrogens with one attached hydrogen (secondary N) is 2. The van der Waals surface area contributed by atoms with Gasteiger partial charge in [0.15, 0.2) is 5.11 Å². The van der Waals surface area contributed by atoms with Gasteiger partial charge in [-0.15, -0.1) is 0 Å². The fraction of sp³-hybridized carbons (Fsp3) is 0.350. The molecule has 3 nitrogen and oxygen atoms in total. The van der Waals surface area contributed by atoms with Crippen LogP contribution in [0, 0.1) is 13.8 Å². The Kier molecular flexibility index (Phi) is 5.94. The molecule has 1 heterocycles. The minimum absolute atomic E-state index is 0.369. The Bertz CT molecular complexity index is 725. The lowest BCUT2D eigenvalue weighted by Crippen LogP contribution is -2.39. The van der Waals surface area contributed by atoms with Crippen molar-refractivity contribution in [3.63, 3.8) is 0 Å². The summed E-state index contributed by atoms with van der Waals surface area (Å²) in [5, 5.41) is 8.05. The summed E-state index contributed by atoms with van der Waals surface area (Å²) in [7, 11) is 0. The van der Waals surface area contributed by atoms with Crippen molar-refractivity contribution in [1.82, 2.24) is 10.2 Å². The van der Waals surface area contributed by atoms with Crippen molar-refractivity contribution in [2.24, 2.45) is 0 Å². The van der Waals surface area contributed by atoms with Crippen LogP contribution in [0.1, 0.15) is 23.1 Å². The van der Waals surface area contributed by atoms with Crippen LogP contribution >= 0.6 is 23.8 Å². The molecule has 1 atom stereocenters. The van der Waals surface area contributed by atoms with Gasteiger partial charge in [0, 0.05) is 25.7 Å². The average Bonchev–Trinajstić information content (AvgIpc) is 2.98. The van der Waals surface area contributed by atoms with E-state index in [4.69, 9.17) is 23.8 Å². The van der Waals surface area contributed by atoms with Crippen molar-refractivity contribution < 1.29 is 0 Å². The van der Waals surface area contributed by atoms with E-state index in [1.165, 1.54) is 5.56 Å². The number of aryl methyl sites for hydroxylation is 2.